The number of morpholine rings is 1. The summed E-state index contributed by atoms with van der Waals surface area (Å²) in [4.78, 5) is 4.71. The molecule has 0 saturated carbocycles. The SMILES string of the molecule is CCC1COC(C)CN1S(=O)(=O)c1c(N)nc2sccn12. The predicted molar refractivity (Wildman–Crippen MR) is 80.9 cm³/mol. The molecule has 1 aliphatic heterocycles. The van der Waals surface area contributed by atoms with Crippen LogP contribution in [0.5, 0.6) is 0 Å². The van der Waals surface area contributed by atoms with Gasteiger partial charge in [0, 0.05) is 24.2 Å². The maximum absolute atomic E-state index is 13.0. The Kier molecular flexibility index (Phi) is 3.68. The van der Waals surface area contributed by atoms with Crippen molar-refractivity contribution in [2.24, 2.45) is 0 Å². The summed E-state index contributed by atoms with van der Waals surface area (Å²) in [6.45, 7) is 4.56. The Hall–Kier alpha value is -1.16. The molecule has 2 aromatic rings. The summed E-state index contributed by atoms with van der Waals surface area (Å²) in [5.41, 5.74) is 5.85. The molecule has 1 fully saturated rings. The highest BCUT2D eigenvalue weighted by Gasteiger charge is 2.38. The molecule has 0 bridgehead atoms. The van der Waals surface area contributed by atoms with Crippen molar-refractivity contribution in [3.63, 3.8) is 0 Å². The highest BCUT2D eigenvalue weighted by Crippen LogP contribution is 2.29. The molecule has 1 saturated heterocycles. The lowest BCUT2D eigenvalue weighted by molar-refractivity contribution is -0.0231. The van der Waals surface area contributed by atoms with Gasteiger partial charge in [0.15, 0.2) is 15.8 Å². The minimum Gasteiger partial charge on any atom is -0.381 e. The number of nitrogens with zero attached hydrogens (tertiary/aromatic N) is 3. The van der Waals surface area contributed by atoms with Gasteiger partial charge in [-0.25, -0.2) is 13.4 Å². The highest BCUT2D eigenvalue weighted by molar-refractivity contribution is 7.89. The minimum absolute atomic E-state index is 0.0517. The van der Waals surface area contributed by atoms with Crippen molar-refractivity contribution in [1.29, 1.82) is 0 Å². The summed E-state index contributed by atoms with van der Waals surface area (Å²) in [5.74, 6) is 0.0517. The molecule has 0 spiro atoms. The van der Waals surface area contributed by atoms with Crippen LogP contribution < -0.4 is 5.73 Å². The third-order valence-electron chi connectivity index (χ3n) is 3.69. The zero-order valence-corrected chi connectivity index (χ0v) is 13.5. The van der Waals surface area contributed by atoms with E-state index >= 15 is 0 Å². The first kappa shape index (κ1) is 14.8. The first-order valence-corrected chi connectivity index (χ1v) is 9.11. The second-order valence-corrected chi connectivity index (χ2v) is 7.82. The Morgan fingerprint density at radius 2 is 2.33 bits per heavy atom. The van der Waals surface area contributed by atoms with E-state index in [0.717, 1.165) is 0 Å². The van der Waals surface area contributed by atoms with Gasteiger partial charge in [0.25, 0.3) is 10.0 Å². The number of ether oxygens (including phenoxy) is 1. The lowest BCUT2D eigenvalue weighted by Gasteiger charge is -2.36. The molecule has 21 heavy (non-hydrogen) atoms. The Balaban J connectivity index is 2.10. The standard InChI is InChI=1S/C12H18N4O3S2/c1-3-9-7-19-8(2)6-16(9)21(17,18)11-10(13)14-12-15(11)4-5-20-12/h4-5,8-9H,3,6-7,13H2,1-2H3. The van der Waals surface area contributed by atoms with Gasteiger partial charge in [0.05, 0.1) is 12.7 Å². The van der Waals surface area contributed by atoms with Crippen molar-refractivity contribution in [3.05, 3.63) is 11.6 Å². The van der Waals surface area contributed by atoms with Crippen molar-refractivity contribution in [1.82, 2.24) is 13.7 Å². The second-order valence-electron chi connectivity index (χ2n) is 5.14. The van der Waals surface area contributed by atoms with Crippen molar-refractivity contribution in [2.75, 3.05) is 18.9 Å². The summed E-state index contributed by atoms with van der Waals surface area (Å²) in [5, 5.41) is 1.85. The summed E-state index contributed by atoms with van der Waals surface area (Å²) < 4.78 is 34.7. The number of hydrogen-bond donors (Lipinski definition) is 1. The van der Waals surface area contributed by atoms with Crippen LogP contribution in [0.3, 0.4) is 0 Å². The van der Waals surface area contributed by atoms with Crippen molar-refractivity contribution >= 4 is 32.1 Å². The van der Waals surface area contributed by atoms with Crippen LogP contribution in [-0.4, -0.2) is 47.4 Å². The molecule has 2 N–H and O–H groups in total. The summed E-state index contributed by atoms with van der Waals surface area (Å²) >= 11 is 1.36. The van der Waals surface area contributed by atoms with E-state index in [9.17, 15) is 8.42 Å². The molecule has 3 heterocycles. The quantitative estimate of drug-likeness (QED) is 0.912. The fraction of sp³-hybridized carbons (Fsp3) is 0.583. The first-order chi connectivity index (χ1) is 9.95. The topological polar surface area (TPSA) is 89.9 Å². The molecule has 0 aliphatic carbocycles. The molecule has 2 aromatic heterocycles. The first-order valence-electron chi connectivity index (χ1n) is 6.79. The number of sulfonamides is 1. The van der Waals surface area contributed by atoms with E-state index in [1.54, 1.807) is 16.0 Å². The molecule has 3 rings (SSSR count). The van der Waals surface area contributed by atoms with Crippen LogP contribution in [0.15, 0.2) is 16.6 Å². The number of aromatic nitrogens is 2. The number of thiazole rings is 1. The van der Waals surface area contributed by atoms with Gasteiger partial charge in [0.1, 0.15) is 0 Å². The van der Waals surface area contributed by atoms with E-state index in [0.29, 0.717) is 24.5 Å². The van der Waals surface area contributed by atoms with E-state index in [2.05, 4.69) is 4.98 Å². The fourth-order valence-electron chi connectivity index (χ4n) is 2.58. The third kappa shape index (κ3) is 2.33. The number of imidazole rings is 1. The van der Waals surface area contributed by atoms with E-state index in [1.165, 1.54) is 15.6 Å². The molecule has 0 amide bonds. The molecular weight excluding hydrogens is 312 g/mol. The van der Waals surface area contributed by atoms with Crippen LogP contribution >= 0.6 is 11.3 Å². The summed E-state index contributed by atoms with van der Waals surface area (Å²) in [6.07, 6.45) is 2.24. The van der Waals surface area contributed by atoms with Gasteiger partial charge in [-0.05, 0) is 13.3 Å². The molecule has 2 atom stereocenters. The number of nitrogens with two attached hydrogens (primary N) is 1. The minimum atomic E-state index is -3.70. The molecule has 116 valence electrons. The van der Waals surface area contributed by atoms with Gasteiger partial charge < -0.3 is 10.5 Å². The van der Waals surface area contributed by atoms with E-state index in [-0.39, 0.29) is 23.0 Å². The molecule has 9 heteroatoms. The number of nitrogen functional groups attached to an aromatic ring is 1. The van der Waals surface area contributed by atoms with Crippen LogP contribution in [0.25, 0.3) is 4.96 Å². The maximum atomic E-state index is 13.0. The van der Waals surface area contributed by atoms with Crippen LogP contribution in [0.4, 0.5) is 5.82 Å². The highest BCUT2D eigenvalue weighted by atomic mass is 32.2. The zero-order chi connectivity index (χ0) is 15.2. The van der Waals surface area contributed by atoms with Crippen molar-refractivity contribution in [3.8, 4) is 0 Å². The van der Waals surface area contributed by atoms with Gasteiger partial charge >= 0.3 is 0 Å². The second kappa shape index (κ2) is 5.24. The Morgan fingerprint density at radius 3 is 3.05 bits per heavy atom. The molecule has 0 aromatic carbocycles. The normalized spacial score (nSPS) is 24.7. The van der Waals surface area contributed by atoms with E-state index < -0.39 is 10.0 Å². The fourth-order valence-corrected chi connectivity index (χ4v) is 5.29. The van der Waals surface area contributed by atoms with Gasteiger partial charge in [-0.2, -0.15) is 4.31 Å². The molecule has 1 aliphatic rings. The number of rotatable bonds is 3. The monoisotopic (exact) mass is 330 g/mol. The molecule has 2 unspecified atom stereocenters. The maximum Gasteiger partial charge on any atom is 0.263 e. The van der Waals surface area contributed by atoms with Crippen molar-refractivity contribution in [2.45, 2.75) is 37.4 Å². The molecular formula is C12H18N4O3S2. The Labute approximate surface area is 127 Å². The number of hydrogen-bond acceptors (Lipinski definition) is 6. The Morgan fingerprint density at radius 1 is 1.57 bits per heavy atom. The van der Waals surface area contributed by atoms with Crippen LogP contribution in [0.2, 0.25) is 0 Å². The number of anilines is 1. The summed E-state index contributed by atoms with van der Waals surface area (Å²) in [6, 6.07) is -0.171. The van der Waals surface area contributed by atoms with Gasteiger partial charge in [-0.3, -0.25) is 4.40 Å². The molecule has 0 radical (unpaired) electrons. The predicted octanol–water partition coefficient (Wildman–Crippen LogP) is 1.17. The van der Waals surface area contributed by atoms with Crippen LogP contribution in [-0.2, 0) is 14.8 Å². The zero-order valence-electron chi connectivity index (χ0n) is 11.9. The molecule has 7 nitrogen and oxygen atoms in total. The van der Waals surface area contributed by atoms with Gasteiger partial charge in [-0.1, -0.05) is 6.92 Å². The average molecular weight is 330 g/mol. The van der Waals surface area contributed by atoms with Gasteiger partial charge in [-0.15, -0.1) is 11.3 Å². The lowest BCUT2D eigenvalue weighted by Crippen LogP contribution is -2.51. The summed E-state index contributed by atoms with van der Waals surface area (Å²) in [7, 11) is -3.70. The van der Waals surface area contributed by atoms with E-state index in [4.69, 9.17) is 10.5 Å². The smallest absolute Gasteiger partial charge is 0.263 e. The number of fused-ring (bicyclic) bond motifs is 1. The lowest BCUT2D eigenvalue weighted by atomic mass is 10.2. The van der Waals surface area contributed by atoms with Gasteiger partial charge in [0.2, 0.25) is 0 Å². The average Bonchev–Trinajstić information content (AvgIpc) is 2.97. The Bertz CT molecular complexity index is 752. The largest absolute Gasteiger partial charge is 0.381 e. The van der Waals surface area contributed by atoms with Crippen molar-refractivity contribution < 1.29 is 13.2 Å². The van der Waals surface area contributed by atoms with Crippen LogP contribution in [0, 0.1) is 0 Å². The van der Waals surface area contributed by atoms with Crippen LogP contribution in [0.1, 0.15) is 20.3 Å². The third-order valence-corrected chi connectivity index (χ3v) is 6.40. The van der Waals surface area contributed by atoms with E-state index in [1.807, 2.05) is 13.8 Å².